The van der Waals surface area contributed by atoms with Crippen LogP contribution in [0, 0.1) is 0 Å². The number of aromatic nitrogens is 4. The van der Waals surface area contributed by atoms with E-state index >= 15 is 0 Å². The molecule has 5 aromatic rings. The van der Waals surface area contributed by atoms with E-state index in [-0.39, 0.29) is 6.61 Å². The van der Waals surface area contributed by atoms with Gasteiger partial charge in [0.2, 0.25) is 0 Å². The minimum Gasteiger partial charge on any atom is -0.396 e. The molecule has 7 nitrogen and oxygen atoms in total. The Labute approximate surface area is 177 Å². The third-order valence-corrected chi connectivity index (χ3v) is 5.14. The zero-order chi connectivity index (χ0) is 20.5. The van der Waals surface area contributed by atoms with Gasteiger partial charge in [0, 0.05) is 42.0 Å². The van der Waals surface area contributed by atoms with E-state index in [9.17, 15) is 0 Å². The van der Waals surface area contributed by atoms with E-state index in [2.05, 4.69) is 20.6 Å². The lowest BCUT2D eigenvalue weighted by Gasteiger charge is -2.11. The molecule has 0 aliphatic carbocycles. The van der Waals surface area contributed by atoms with Crippen molar-refractivity contribution in [3.8, 4) is 0 Å². The van der Waals surface area contributed by atoms with Crippen LogP contribution in [0.2, 0.25) is 0 Å². The van der Waals surface area contributed by atoms with Gasteiger partial charge in [-0.2, -0.15) is 0 Å². The van der Waals surface area contributed by atoms with Crippen molar-refractivity contribution in [2.24, 2.45) is 0 Å². The first-order chi connectivity index (χ1) is 14.7. The molecule has 0 saturated carbocycles. The highest BCUT2D eigenvalue weighted by Gasteiger charge is 2.14. The summed E-state index contributed by atoms with van der Waals surface area (Å²) in [6.07, 6.45) is 4.18. The fourth-order valence-corrected chi connectivity index (χ4v) is 3.76. The quantitative estimate of drug-likeness (QED) is 0.178. The topological polar surface area (TPSA) is 95.8 Å². The summed E-state index contributed by atoms with van der Waals surface area (Å²) in [5.41, 5.74) is 5.42. The minimum atomic E-state index is 0.125. The van der Waals surface area contributed by atoms with Crippen molar-refractivity contribution < 1.29 is 5.11 Å². The molecule has 0 spiro atoms. The lowest BCUT2D eigenvalue weighted by atomic mass is 10.1. The number of anilines is 1. The molecular weight excluding hydrogens is 396 g/mol. The molecule has 5 rings (SSSR count). The first-order valence-electron chi connectivity index (χ1n) is 9.63. The highest BCUT2D eigenvalue weighted by atomic mass is 32.1. The zero-order valence-electron chi connectivity index (χ0n) is 16.0. The first-order valence-corrected chi connectivity index (χ1v) is 10.0. The zero-order valence-corrected chi connectivity index (χ0v) is 16.8. The molecule has 3 N–H and O–H groups in total. The predicted octanol–water partition coefficient (Wildman–Crippen LogP) is 3.55. The maximum atomic E-state index is 8.89. The lowest BCUT2D eigenvalue weighted by molar-refractivity contribution is 0.289. The van der Waals surface area contributed by atoms with Crippen LogP contribution < -0.4 is 10.6 Å². The summed E-state index contributed by atoms with van der Waals surface area (Å²) in [6, 6.07) is 13.7. The molecule has 0 saturated heterocycles. The van der Waals surface area contributed by atoms with Crippen LogP contribution >= 0.6 is 12.2 Å². The maximum absolute atomic E-state index is 8.89. The SMILES string of the molecule is OCCCNC(=S)Nc1ccc2nc3c4ncccc4c4cccnc4c3nc2c1. The third kappa shape index (κ3) is 3.26. The van der Waals surface area contributed by atoms with Gasteiger partial charge in [-0.1, -0.05) is 12.1 Å². The Morgan fingerprint density at radius 1 is 0.867 bits per heavy atom. The number of nitrogens with zero attached hydrogens (tertiary/aromatic N) is 4. The number of nitrogens with one attached hydrogen (secondary N) is 2. The molecule has 0 radical (unpaired) electrons. The van der Waals surface area contributed by atoms with E-state index in [1.807, 2.05) is 42.5 Å². The number of thiocarbonyl (C=S) groups is 1. The first kappa shape index (κ1) is 18.5. The second-order valence-corrected chi connectivity index (χ2v) is 7.29. The van der Waals surface area contributed by atoms with Gasteiger partial charge >= 0.3 is 0 Å². The van der Waals surface area contributed by atoms with Crippen molar-refractivity contribution in [3.63, 3.8) is 0 Å². The minimum absolute atomic E-state index is 0.125. The summed E-state index contributed by atoms with van der Waals surface area (Å²) < 4.78 is 0. The Balaban J connectivity index is 1.65. The number of rotatable bonds is 4. The van der Waals surface area contributed by atoms with Crippen molar-refractivity contribution in [2.45, 2.75) is 6.42 Å². The smallest absolute Gasteiger partial charge is 0.170 e. The monoisotopic (exact) mass is 414 g/mol. The molecule has 0 amide bonds. The Kier molecular flexibility index (Phi) is 4.78. The number of aliphatic hydroxyl groups is 1. The van der Waals surface area contributed by atoms with Crippen molar-refractivity contribution in [1.82, 2.24) is 25.3 Å². The Hall–Kier alpha value is -3.49. The summed E-state index contributed by atoms with van der Waals surface area (Å²) in [4.78, 5) is 18.9. The summed E-state index contributed by atoms with van der Waals surface area (Å²) in [7, 11) is 0. The highest BCUT2D eigenvalue weighted by Crippen LogP contribution is 2.32. The molecule has 3 heterocycles. The van der Waals surface area contributed by atoms with Gasteiger partial charge in [-0.05, 0) is 49.0 Å². The van der Waals surface area contributed by atoms with E-state index in [4.69, 9.17) is 27.3 Å². The molecular formula is C22H18N6OS. The maximum Gasteiger partial charge on any atom is 0.170 e. The van der Waals surface area contributed by atoms with E-state index < -0.39 is 0 Å². The number of aliphatic hydroxyl groups excluding tert-OH is 1. The van der Waals surface area contributed by atoms with Gasteiger partial charge in [0.15, 0.2) is 5.11 Å². The molecule has 30 heavy (non-hydrogen) atoms. The van der Waals surface area contributed by atoms with Crippen LogP contribution in [0.3, 0.4) is 0 Å². The van der Waals surface area contributed by atoms with Crippen molar-refractivity contribution in [3.05, 3.63) is 54.9 Å². The van der Waals surface area contributed by atoms with Crippen molar-refractivity contribution in [2.75, 3.05) is 18.5 Å². The largest absolute Gasteiger partial charge is 0.396 e. The third-order valence-electron chi connectivity index (χ3n) is 4.90. The number of hydrogen-bond acceptors (Lipinski definition) is 6. The lowest BCUT2D eigenvalue weighted by Crippen LogP contribution is -2.29. The average molecular weight is 414 g/mol. The van der Waals surface area contributed by atoms with Gasteiger partial charge in [-0.25, -0.2) is 9.97 Å². The standard InChI is InChI=1S/C22H18N6OS/c29-11-3-10-25-22(30)26-13-6-7-16-17(12-13)28-21-19-15(5-2-9-24-19)14-4-1-8-23-18(14)20(21)27-16/h1-2,4-9,12,29H,3,10-11H2,(H2,25,26,30). The Bertz CT molecular complexity index is 1420. The second-order valence-electron chi connectivity index (χ2n) is 6.88. The second kappa shape index (κ2) is 7.74. The van der Waals surface area contributed by atoms with Crippen LogP contribution in [0.25, 0.3) is 43.9 Å². The molecule has 8 heteroatoms. The number of pyridine rings is 2. The van der Waals surface area contributed by atoms with Crippen LogP contribution in [0.1, 0.15) is 6.42 Å². The molecule has 0 aliphatic rings. The van der Waals surface area contributed by atoms with Crippen LogP contribution in [-0.4, -0.2) is 43.3 Å². The Morgan fingerprint density at radius 2 is 1.53 bits per heavy atom. The molecule has 0 unspecified atom stereocenters. The molecule has 0 aliphatic heterocycles. The number of fused-ring (bicyclic) bond motifs is 7. The van der Waals surface area contributed by atoms with Gasteiger partial charge in [0.1, 0.15) is 11.0 Å². The van der Waals surface area contributed by atoms with E-state index in [0.29, 0.717) is 18.1 Å². The highest BCUT2D eigenvalue weighted by molar-refractivity contribution is 7.80. The molecule has 0 atom stereocenters. The van der Waals surface area contributed by atoms with Gasteiger partial charge < -0.3 is 15.7 Å². The normalized spacial score (nSPS) is 11.4. The van der Waals surface area contributed by atoms with Gasteiger partial charge in [-0.3, -0.25) is 9.97 Å². The molecule has 0 bridgehead atoms. The molecule has 148 valence electrons. The number of benzene rings is 2. The summed E-state index contributed by atoms with van der Waals surface area (Å²) in [5, 5.41) is 17.6. The van der Waals surface area contributed by atoms with Gasteiger partial charge in [-0.15, -0.1) is 0 Å². The van der Waals surface area contributed by atoms with E-state index in [1.165, 1.54) is 0 Å². The van der Waals surface area contributed by atoms with E-state index in [0.717, 1.165) is 49.6 Å². The molecule has 3 aromatic heterocycles. The van der Waals surface area contributed by atoms with Crippen molar-refractivity contribution in [1.29, 1.82) is 0 Å². The fourth-order valence-electron chi connectivity index (χ4n) is 3.54. The summed E-state index contributed by atoms with van der Waals surface area (Å²) >= 11 is 5.31. The number of hydrogen-bond donors (Lipinski definition) is 3. The average Bonchev–Trinajstić information content (AvgIpc) is 2.78. The molecule has 2 aromatic carbocycles. The van der Waals surface area contributed by atoms with Gasteiger partial charge in [0.05, 0.1) is 22.1 Å². The Morgan fingerprint density at radius 3 is 2.20 bits per heavy atom. The van der Waals surface area contributed by atoms with Crippen LogP contribution in [0.4, 0.5) is 5.69 Å². The molecule has 0 fully saturated rings. The van der Waals surface area contributed by atoms with E-state index in [1.54, 1.807) is 12.4 Å². The summed E-state index contributed by atoms with van der Waals surface area (Å²) in [6.45, 7) is 0.734. The van der Waals surface area contributed by atoms with Crippen molar-refractivity contribution >= 4 is 66.9 Å². The van der Waals surface area contributed by atoms with Gasteiger partial charge in [0.25, 0.3) is 0 Å². The van der Waals surface area contributed by atoms with Crippen LogP contribution in [0.15, 0.2) is 54.9 Å². The summed E-state index contributed by atoms with van der Waals surface area (Å²) in [5.74, 6) is 0. The fraction of sp³-hybridized carbons (Fsp3) is 0.136. The van der Waals surface area contributed by atoms with Crippen LogP contribution in [-0.2, 0) is 0 Å². The predicted molar refractivity (Wildman–Crippen MR) is 124 cm³/mol. The van der Waals surface area contributed by atoms with Crippen LogP contribution in [0.5, 0.6) is 0 Å².